The molecule has 0 aliphatic rings. The molecule has 0 unspecified atom stereocenters. The van der Waals surface area contributed by atoms with Crippen LogP contribution in [0.2, 0.25) is 0 Å². The Kier molecular flexibility index (Phi) is 16.8. The number of nitrogens with zero attached hydrogens (tertiary/aromatic N) is 2. The maximum atomic E-state index is 11.5. The summed E-state index contributed by atoms with van der Waals surface area (Å²) in [7, 11) is 0. The number of rotatable bonds is 4. The summed E-state index contributed by atoms with van der Waals surface area (Å²) >= 11 is 0. The molecule has 1 rings (SSSR count). The molecule has 8 nitrogen and oxygen atoms in total. The number of hydrogen-bond donors (Lipinski definition) is 1. The monoisotopic (exact) mass is 532 g/mol. The Hall–Kier alpha value is -7.48. The van der Waals surface area contributed by atoms with Crippen molar-refractivity contribution in [2.75, 3.05) is 6.61 Å². The van der Waals surface area contributed by atoms with Crippen LogP contribution in [0.4, 0.5) is 9.59 Å². The third kappa shape index (κ3) is 18.4. The van der Waals surface area contributed by atoms with Crippen molar-refractivity contribution in [1.82, 2.24) is 0 Å². The number of terminal acetylenes is 1. The number of ether oxygens (including phenoxy) is 3. The molecule has 0 aromatic heterocycles. The van der Waals surface area contributed by atoms with Crippen LogP contribution in [0.1, 0.15) is 12.5 Å². The molecule has 0 spiro atoms. The lowest BCUT2D eigenvalue weighted by atomic mass is 10.2. The van der Waals surface area contributed by atoms with E-state index in [0.717, 1.165) is 0 Å². The maximum absolute atomic E-state index is 11.5. The Morgan fingerprint density at radius 1 is 0.683 bits per heavy atom. The van der Waals surface area contributed by atoms with Gasteiger partial charge in [-0.15, -0.1) is 6.42 Å². The third-order valence-corrected chi connectivity index (χ3v) is 3.21. The van der Waals surface area contributed by atoms with Gasteiger partial charge in [-0.3, -0.25) is 0 Å². The van der Waals surface area contributed by atoms with Crippen molar-refractivity contribution >= 4 is 12.2 Å². The second-order valence-corrected chi connectivity index (χ2v) is 6.01. The minimum Gasteiger partial charge on any atom is -0.508 e. The average Bonchev–Trinajstić information content (AvgIpc) is 2.95. The van der Waals surface area contributed by atoms with Crippen molar-refractivity contribution in [3.8, 4) is 142 Å². The molecule has 1 aromatic rings. The van der Waals surface area contributed by atoms with Crippen LogP contribution in [0.25, 0.3) is 0 Å². The SMILES string of the molecule is C#CC#CC#CC#CC#CC#CC#CC#CC#CC#CC#COc1cc(O)cc(COC(=O)N=NC(=O)OCC)c1. The molecule has 0 aliphatic carbocycles. The molecule has 2 amide bonds. The minimum absolute atomic E-state index is 0.0856. The van der Waals surface area contributed by atoms with Crippen molar-refractivity contribution in [2.24, 2.45) is 10.2 Å². The minimum atomic E-state index is -1.12. The van der Waals surface area contributed by atoms with E-state index >= 15 is 0 Å². The van der Waals surface area contributed by atoms with Gasteiger partial charge in [0, 0.05) is 77.1 Å². The second kappa shape index (κ2) is 21.8. The van der Waals surface area contributed by atoms with Gasteiger partial charge in [0.05, 0.1) is 6.61 Å². The highest BCUT2D eigenvalue weighted by Crippen LogP contribution is 2.22. The van der Waals surface area contributed by atoms with Crippen molar-refractivity contribution < 1.29 is 28.9 Å². The molecule has 0 fully saturated rings. The number of aromatic hydroxyl groups is 1. The standard InChI is InChI=1S/C33H12N2O6/c1-3-5-6-7-8-9-10-11-12-13-14-15-16-17-18-19-20-21-22-23-24-40-31-26-29(25-30(36)27-31)28-41-33(38)35-34-32(37)39-4-2/h1,25-27,36H,4,28H2,2H3. The summed E-state index contributed by atoms with van der Waals surface area (Å²) in [6, 6.07) is 4.06. The predicted molar refractivity (Wildman–Crippen MR) is 147 cm³/mol. The van der Waals surface area contributed by atoms with Gasteiger partial charge in [0.1, 0.15) is 24.2 Å². The molecular weight excluding hydrogens is 520 g/mol. The van der Waals surface area contributed by atoms with E-state index in [0.29, 0.717) is 5.56 Å². The molecule has 0 saturated heterocycles. The van der Waals surface area contributed by atoms with E-state index in [1.807, 2.05) is 0 Å². The van der Waals surface area contributed by atoms with E-state index in [2.05, 4.69) is 139 Å². The topological polar surface area (TPSA) is 107 Å². The summed E-state index contributed by atoms with van der Waals surface area (Å²) in [5.74, 6) is 48.6. The number of benzene rings is 1. The fourth-order valence-corrected chi connectivity index (χ4v) is 1.87. The predicted octanol–water partition coefficient (Wildman–Crippen LogP) is 2.64. The first-order valence-corrected chi connectivity index (χ1v) is 10.8. The Balaban J connectivity index is 2.54. The smallest absolute Gasteiger partial charge is 0.452 e. The largest absolute Gasteiger partial charge is 0.508 e. The van der Waals surface area contributed by atoms with Crippen LogP contribution >= 0.6 is 0 Å². The molecule has 0 radical (unpaired) electrons. The number of phenolic OH excluding ortho intramolecular Hbond substituents is 1. The van der Waals surface area contributed by atoms with Gasteiger partial charge in [-0.1, -0.05) is 10.2 Å². The first-order chi connectivity index (χ1) is 20.0. The van der Waals surface area contributed by atoms with Crippen LogP contribution in [-0.2, 0) is 16.1 Å². The quantitative estimate of drug-likeness (QED) is 0.472. The van der Waals surface area contributed by atoms with Crippen LogP contribution in [0.15, 0.2) is 28.4 Å². The number of phenols is 1. The summed E-state index contributed by atoms with van der Waals surface area (Å²) in [5.41, 5.74) is 0.360. The van der Waals surface area contributed by atoms with Gasteiger partial charge in [-0.05, 0) is 72.0 Å². The van der Waals surface area contributed by atoms with Gasteiger partial charge in [0.2, 0.25) is 0 Å². The molecule has 0 atom stereocenters. The Bertz CT molecular complexity index is 1900. The summed E-state index contributed by atoms with van der Waals surface area (Å²) < 4.78 is 14.5. The molecule has 190 valence electrons. The maximum Gasteiger partial charge on any atom is 0.452 e. The van der Waals surface area contributed by atoms with E-state index in [9.17, 15) is 14.7 Å². The zero-order valence-electron chi connectivity index (χ0n) is 21.1. The van der Waals surface area contributed by atoms with Gasteiger partial charge in [-0.2, -0.15) is 0 Å². The van der Waals surface area contributed by atoms with E-state index in [4.69, 9.17) is 15.9 Å². The van der Waals surface area contributed by atoms with Gasteiger partial charge < -0.3 is 19.3 Å². The fourth-order valence-electron chi connectivity index (χ4n) is 1.87. The van der Waals surface area contributed by atoms with E-state index < -0.39 is 12.2 Å². The zero-order chi connectivity index (χ0) is 29.8. The fraction of sp³-hybridized carbons (Fsp3) is 0.0909. The highest BCUT2D eigenvalue weighted by atomic mass is 16.6. The lowest BCUT2D eigenvalue weighted by molar-refractivity contribution is 0.144. The first kappa shape index (κ1) is 31.5. The third-order valence-electron chi connectivity index (χ3n) is 3.21. The highest BCUT2D eigenvalue weighted by Gasteiger charge is 2.06. The molecule has 1 aromatic carbocycles. The molecule has 0 aliphatic heterocycles. The van der Waals surface area contributed by atoms with E-state index in [1.54, 1.807) is 6.92 Å². The van der Waals surface area contributed by atoms with Crippen molar-refractivity contribution in [3.63, 3.8) is 0 Å². The number of carbonyl (C=O) groups is 2. The zero-order valence-corrected chi connectivity index (χ0v) is 21.1. The van der Waals surface area contributed by atoms with Crippen LogP contribution in [-0.4, -0.2) is 23.9 Å². The van der Waals surface area contributed by atoms with Gasteiger partial charge in [0.15, 0.2) is 0 Å². The lowest BCUT2D eigenvalue weighted by Gasteiger charge is -2.04. The number of hydrogen-bond acceptors (Lipinski definition) is 6. The number of azo groups is 1. The average molecular weight is 532 g/mol. The second-order valence-electron chi connectivity index (χ2n) is 6.01. The lowest BCUT2D eigenvalue weighted by Crippen LogP contribution is -2.01. The summed E-state index contributed by atoms with van der Waals surface area (Å²) in [6.07, 6.45) is 5.10. The Labute approximate surface area is 237 Å². The molecule has 0 saturated carbocycles. The number of carbonyl (C=O) groups excluding carboxylic acids is 2. The Morgan fingerprint density at radius 2 is 1.12 bits per heavy atom. The summed E-state index contributed by atoms with van der Waals surface area (Å²) in [4.78, 5) is 22.5. The molecule has 1 N–H and O–H groups in total. The van der Waals surface area contributed by atoms with Crippen molar-refractivity contribution in [1.29, 1.82) is 0 Å². The normalized spacial score (nSPS) is 7.02. The van der Waals surface area contributed by atoms with Crippen LogP contribution in [0.3, 0.4) is 0 Å². The van der Waals surface area contributed by atoms with Gasteiger partial charge in [-0.25, -0.2) is 9.59 Å². The first-order valence-electron chi connectivity index (χ1n) is 10.8. The number of amides is 2. The summed E-state index contributed by atoms with van der Waals surface area (Å²) in [6.45, 7) is 1.38. The van der Waals surface area contributed by atoms with E-state index in [1.165, 1.54) is 18.2 Å². The molecule has 0 heterocycles. The van der Waals surface area contributed by atoms with Gasteiger partial charge >= 0.3 is 12.2 Å². The molecule has 41 heavy (non-hydrogen) atoms. The Morgan fingerprint density at radius 3 is 1.59 bits per heavy atom. The van der Waals surface area contributed by atoms with Crippen LogP contribution in [0, 0.1) is 131 Å². The molecule has 8 heteroatoms. The van der Waals surface area contributed by atoms with Crippen LogP contribution < -0.4 is 4.74 Å². The summed E-state index contributed by atoms with van der Waals surface area (Å²) in [5, 5.41) is 15.9. The highest BCUT2D eigenvalue weighted by molar-refractivity contribution is 5.73. The van der Waals surface area contributed by atoms with Crippen molar-refractivity contribution in [2.45, 2.75) is 13.5 Å². The molecule has 0 bridgehead atoms. The van der Waals surface area contributed by atoms with Crippen molar-refractivity contribution in [3.05, 3.63) is 23.8 Å². The van der Waals surface area contributed by atoms with E-state index in [-0.39, 0.29) is 24.7 Å². The van der Waals surface area contributed by atoms with Crippen LogP contribution in [0.5, 0.6) is 11.5 Å². The molecular formula is C33H12N2O6. The van der Waals surface area contributed by atoms with Gasteiger partial charge in [0.25, 0.3) is 0 Å².